The molecule has 0 aromatic heterocycles. The standard InChI is InChI=1S/C14H19ClN2O3.ClH/c1-2-3-4-10(7-16)17-14(18)9-5-11(15)13-12(6-9)19-8-20-13;/h5-6,10H,2-4,7-8,16H2,1H3,(H,17,18);1H. The molecule has 0 aliphatic carbocycles. The van der Waals surface area contributed by atoms with E-state index in [1.807, 2.05) is 0 Å². The maximum absolute atomic E-state index is 12.2. The molecular weight excluding hydrogens is 315 g/mol. The summed E-state index contributed by atoms with van der Waals surface area (Å²) in [7, 11) is 0. The lowest BCUT2D eigenvalue weighted by atomic mass is 10.1. The van der Waals surface area contributed by atoms with Crippen LogP contribution < -0.4 is 20.5 Å². The molecule has 0 fully saturated rings. The fraction of sp³-hybridized carbons (Fsp3) is 0.500. The Bertz CT molecular complexity index is 497. The van der Waals surface area contributed by atoms with Crippen LogP contribution in [0.25, 0.3) is 0 Å². The molecule has 5 nitrogen and oxygen atoms in total. The van der Waals surface area contributed by atoms with E-state index in [-0.39, 0.29) is 31.1 Å². The van der Waals surface area contributed by atoms with Crippen molar-refractivity contribution in [2.24, 2.45) is 5.73 Å². The highest BCUT2D eigenvalue weighted by Crippen LogP contribution is 2.39. The molecule has 1 atom stereocenters. The van der Waals surface area contributed by atoms with E-state index in [0.717, 1.165) is 19.3 Å². The Hall–Kier alpha value is -1.17. The quantitative estimate of drug-likeness (QED) is 0.838. The molecule has 1 aromatic rings. The van der Waals surface area contributed by atoms with Gasteiger partial charge in [-0.15, -0.1) is 12.4 Å². The van der Waals surface area contributed by atoms with Crippen LogP contribution in [0.1, 0.15) is 36.5 Å². The molecule has 0 saturated carbocycles. The SMILES string of the molecule is CCCCC(CN)NC(=O)c1cc(Cl)c2c(c1)OCO2.Cl. The number of ether oxygens (including phenoxy) is 2. The number of carbonyl (C=O) groups excluding carboxylic acids is 1. The Morgan fingerprint density at radius 1 is 1.48 bits per heavy atom. The zero-order valence-corrected chi connectivity index (χ0v) is 13.4. The van der Waals surface area contributed by atoms with Gasteiger partial charge >= 0.3 is 0 Å². The first-order valence-electron chi connectivity index (χ1n) is 6.75. The van der Waals surface area contributed by atoms with Crippen LogP contribution in [0.4, 0.5) is 0 Å². The highest BCUT2D eigenvalue weighted by atomic mass is 35.5. The number of nitrogens with two attached hydrogens (primary N) is 1. The van der Waals surface area contributed by atoms with Gasteiger partial charge in [0, 0.05) is 18.2 Å². The largest absolute Gasteiger partial charge is 0.454 e. The lowest BCUT2D eigenvalue weighted by Crippen LogP contribution is -2.40. The van der Waals surface area contributed by atoms with Crippen molar-refractivity contribution in [3.63, 3.8) is 0 Å². The molecule has 1 amide bonds. The van der Waals surface area contributed by atoms with Crippen molar-refractivity contribution in [3.8, 4) is 11.5 Å². The number of benzene rings is 1. The third kappa shape index (κ3) is 4.40. The molecule has 1 aliphatic heterocycles. The summed E-state index contributed by atoms with van der Waals surface area (Å²) in [6.07, 6.45) is 2.98. The highest BCUT2D eigenvalue weighted by molar-refractivity contribution is 6.32. The maximum atomic E-state index is 12.2. The van der Waals surface area contributed by atoms with E-state index in [1.54, 1.807) is 12.1 Å². The third-order valence-electron chi connectivity index (χ3n) is 3.22. The fourth-order valence-electron chi connectivity index (χ4n) is 2.07. The molecule has 0 bridgehead atoms. The minimum atomic E-state index is -0.197. The Balaban J connectivity index is 0.00000220. The molecular formula is C14H20Cl2N2O3. The van der Waals surface area contributed by atoms with Gasteiger partial charge in [-0.05, 0) is 18.6 Å². The summed E-state index contributed by atoms with van der Waals surface area (Å²) in [5, 5.41) is 3.30. The molecule has 0 saturated heterocycles. The summed E-state index contributed by atoms with van der Waals surface area (Å²) < 4.78 is 10.5. The van der Waals surface area contributed by atoms with Gasteiger partial charge in [-0.2, -0.15) is 0 Å². The predicted molar refractivity (Wildman–Crippen MR) is 84.7 cm³/mol. The van der Waals surface area contributed by atoms with Crippen molar-refractivity contribution in [2.75, 3.05) is 13.3 Å². The second kappa shape index (κ2) is 8.32. The van der Waals surface area contributed by atoms with Crippen LogP contribution in [0.15, 0.2) is 12.1 Å². The number of amides is 1. The van der Waals surface area contributed by atoms with Gasteiger partial charge in [-0.1, -0.05) is 31.4 Å². The van der Waals surface area contributed by atoms with Crippen LogP contribution in [0.2, 0.25) is 5.02 Å². The van der Waals surface area contributed by atoms with Gasteiger partial charge in [0.15, 0.2) is 11.5 Å². The molecule has 1 heterocycles. The first-order valence-corrected chi connectivity index (χ1v) is 7.13. The van der Waals surface area contributed by atoms with Crippen LogP contribution in [0, 0.1) is 0 Å². The van der Waals surface area contributed by atoms with Crippen LogP contribution >= 0.6 is 24.0 Å². The monoisotopic (exact) mass is 334 g/mol. The van der Waals surface area contributed by atoms with Crippen molar-refractivity contribution in [1.82, 2.24) is 5.32 Å². The molecule has 2 rings (SSSR count). The maximum Gasteiger partial charge on any atom is 0.251 e. The molecule has 21 heavy (non-hydrogen) atoms. The van der Waals surface area contributed by atoms with Crippen molar-refractivity contribution in [3.05, 3.63) is 22.7 Å². The van der Waals surface area contributed by atoms with Gasteiger partial charge in [0.05, 0.1) is 5.02 Å². The molecule has 1 aliphatic rings. The summed E-state index contributed by atoms with van der Waals surface area (Å²) in [4.78, 5) is 12.2. The van der Waals surface area contributed by atoms with Crippen molar-refractivity contribution >= 4 is 29.9 Å². The summed E-state index contributed by atoms with van der Waals surface area (Å²) in [5.41, 5.74) is 6.13. The van der Waals surface area contributed by atoms with E-state index in [1.165, 1.54) is 0 Å². The number of unbranched alkanes of at least 4 members (excludes halogenated alkanes) is 1. The molecule has 0 spiro atoms. The third-order valence-corrected chi connectivity index (χ3v) is 3.50. The highest BCUT2D eigenvalue weighted by Gasteiger charge is 2.21. The predicted octanol–water partition coefficient (Wildman–Crippen LogP) is 2.74. The topological polar surface area (TPSA) is 73.6 Å². The lowest BCUT2D eigenvalue weighted by Gasteiger charge is -2.16. The summed E-state index contributed by atoms with van der Waals surface area (Å²) in [6, 6.07) is 3.20. The van der Waals surface area contributed by atoms with Crippen molar-refractivity contribution in [2.45, 2.75) is 32.2 Å². The van der Waals surface area contributed by atoms with Crippen LogP contribution in [0.5, 0.6) is 11.5 Å². The number of rotatable bonds is 6. The summed E-state index contributed by atoms with van der Waals surface area (Å²) in [5.74, 6) is 0.793. The fourth-order valence-corrected chi connectivity index (χ4v) is 2.33. The molecule has 7 heteroatoms. The van der Waals surface area contributed by atoms with E-state index in [0.29, 0.717) is 28.6 Å². The molecule has 0 radical (unpaired) electrons. The summed E-state index contributed by atoms with van der Waals surface area (Å²) in [6.45, 7) is 2.65. The number of nitrogens with one attached hydrogen (secondary N) is 1. The van der Waals surface area contributed by atoms with E-state index in [2.05, 4.69) is 12.2 Å². The minimum absolute atomic E-state index is 0. The van der Waals surface area contributed by atoms with Gasteiger partial charge in [0.1, 0.15) is 0 Å². The number of halogens is 2. The number of hydrogen-bond acceptors (Lipinski definition) is 4. The van der Waals surface area contributed by atoms with E-state index in [9.17, 15) is 4.79 Å². The lowest BCUT2D eigenvalue weighted by molar-refractivity contribution is 0.0935. The number of carbonyl (C=O) groups is 1. The van der Waals surface area contributed by atoms with Crippen LogP contribution in [0.3, 0.4) is 0 Å². The second-order valence-corrected chi connectivity index (χ2v) is 5.15. The van der Waals surface area contributed by atoms with E-state index in [4.69, 9.17) is 26.8 Å². The van der Waals surface area contributed by atoms with Crippen LogP contribution in [-0.4, -0.2) is 25.3 Å². The zero-order valence-electron chi connectivity index (χ0n) is 11.9. The minimum Gasteiger partial charge on any atom is -0.454 e. The molecule has 1 aromatic carbocycles. The Kier molecular flexibility index (Phi) is 7.08. The van der Waals surface area contributed by atoms with Gasteiger partial charge in [0.25, 0.3) is 5.91 Å². The number of fused-ring (bicyclic) bond motifs is 1. The van der Waals surface area contributed by atoms with E-state index < -0.39 is 0 Å². The Morgan fingerprint density at radius 3 is 2.90 bits per heavy atom. The first kappa shape index (κ1) is 17.9. The normalized spacial score (nSPS) is 13.5. The Morgan fingerprint density at radius 2 is 2.24 bits per heavy atom. The van der Waals surface area contributed by atoms with Crippen molar-refractivity contribution < 1.29 is 14.3 Å². The Labute approximate surface area is 135 Å². The molecule has 118 valence electrons. The van der Waals surface area contributed by atoms with Gasteiger partial charge in [0.2, 0.25) is 6.79 Å². The van der Waals surface area contributed by atoms with Gasteiger partial charge in [-0.3, -0.25) is 4.79 Å². The molecule has 1 unspecified atom stereocenters. The van der Waals surface area contributed by atoms with E-state index >= 15 is 0 Å². The average Bonchev–Trinajstić information content (AvgIpc) is 2.92. The summed E-state index contributed by atoms with van der Waals surface area (Å²) >= 11 is 6.06. The average molecular weight is 335 g/mol. The van der Waals surface area contributed by atoms with Crippen LogP contribution in [-0.2, 0) is 0 Å². The second-order valence-electron chi connectivity index (χ2n) is 4.74. The molecule has 3 N–H and O–H groups in total. The van der Waals surface area contributed by atoms with Crippen molar-refractivity contribution in [1.29, 1.82) is 0 Å². The van der Waals surface area contributed by atoms with Gasteiger partial charge in [-0.25, -0.2) is 0 Å². The smallest absolute Gasteiger partial charge is 0.251 e. The number of hydrogen-bond donors (Lipinski definition) is 2. The zero-order chi connectivity index (χ0) is 14.5. The van der Waals surface area contributed by atoms with Gasteiger partial charge < -0.3 is 20.5 Å². The first-order chi connectivity index (χ1) is 9.65.